The molecule has 2 aliphatic rings. The first-order valence-corrected chi connectivity index (χ1v) is 9.82. The zero-order chi connectivity index (χ0) is 17.6. The average Bonchev–Trinajstić information content (AvgIpc) is 2.92. The van der Waals surface area contributed by atoms with Crippen molar-refractivity contribution in [2.24, 2.45) is 16.6 Å². The van der Waals surface area contributed by atoms with E-state index in [-0.39, 0.29) is 0 Å². The third-order valence-electron chi connectivity index (χ3n) is 5.62. The summed E-state index contributed by atoms with van der Waals surface area (Å²) >= 11 is 0. The molecule has 2 fully saturated rings. The van der Waals surface area contributed by atoms with E-state index in [4.69, 9.17) is 10.2 Å². The molecule has 3 rings (SSSR count). The number of piperidine rings is 1. The summed E-state index contributed by atoms with van der Waals surface area (Å²) in [5.74, 6) is 3.05. The normalized spacial score (nSPS) is 21.6. The molecule has 0 aromatic carbocycles. The number of nitrogens with one attached hydrogen (secondary N) is 1. The van der Waals surface area contributed by atoms with Gasteiger partial charge >= 0.3 is 0 Å². The molecule has 0 unspecified atom stereocenters. The van der Waals surface area contributed by atoms with Gasteiger partial charge in [0, 0.05) is 12.6 Å². The molecule has 1 aliphatic carbocycles. The SMILES string of the molecule is Cc1nc(CN2CCC(CN=C(N)NC3CCCCC3)CC2)oc1C. The zero-order valence-electron chi connectivity index (χ0n) is 15.8. The van der Waals surface area contributed by atoms with E-state index in [2.05, 4.69) is 20.2 Å². The number of guanidine groups is 1. The van der Waals surface area contributed by atoms with E-state index >= 15 is 0 Å². The summed E-state index contributed by atoms with van der Waals surface area (Å²) < 4.78 is 5.70. The second-order valence-electron chi connectivity index (χ2n) is 7.67. The quantitative estimate of drug-likeness (QED) is 0.632. The maximum Gasteiger partial charge on any atom is 0.208 e. The first-order valence-electron chi connectivity index (χ1n) is 9.82. The molecule has 1 aromatic heterocycles. The molecular formula is C19H33N5O. The van der Waals surface area contributed by atoms with E-state index in [0.717, 1.165) is 43.5 Å². The number of likely N-dealkylation sites (tertiary alicyclic amines) is 1. The highest BCUT2D eigenvalue weighted by molar-refractivity contribution is 5.78. The lowest BCUT2D eigenvalue weighted by Gasteiger charge is -2.30. The minimum absolute atomic E-state index is 0.534. The van der Waals surface area contributed by atoms with Crippen molar-refractivity contribution in [2.75, 3.05) is 19.6 Å². The fraction of sp³-hybridized carbons (Fsp3) is 0.789. The Labute approximate surface area is 151 Å². The van der Waals surface area contributed by atoms with Crippen molar-refractivity contribution in [2.45, 2.75) is 71.4 Å². The summed E-state index contributed by atoms with van der Waals surface area (Å²) in [5.41, 5.74) is 7.08. The number of aliphatic imine (C=N–C) groups is 1. The monoisotopic (exact) mass is 347 g/mol. The minimum atomic E-state index is 0.534. The van der Waals surface area contributed by atoms with Crippen molar-refractivity contribution in [3.8, 4) is 0 Å². The van der Waals surface area contributed by atoms with Gasteiger partial charge in [-0.3, -0.25) is 9.89 Å². The highest BCUT2D eigenvalue weighted by Crippen LogP contribution is 2.20. The molecule has 1 aromatic rings. The Balaban J connectivity index is 1.37. The van der Waals surface area contributed by atoms with Gasteiger partial charge in [0.05, 0.1) is 12.2 Å². The fourth-order valence-electron chi connectivity index (χ4n) is 3.85. The lowest BCUT2D eigenvalue weighted by molar-refractivity contribution is 0.166. The first kappa shape index (κ1) is 18.2. The van der Waals surface area contributed by atoms with Crippen molar-refractivity contribution in [3.05, 3.63) is 17.3 Å². The second-order valence-corrected chi connectivity index (χ2v) is 7.67. The van der Waals surface area contributed by atoms with Gasteiger partial charge in [0.15, 0.2) is 5.96 Å². The molecule has 1 aliphatic heterocycles. The summed E-state index contributed by atoms with van der Waals surface area (Å²) in [6, 6.07) is 0.534. The van der Waals surface area contributed by atoms with Gasteiger partial charge in [0.2, 0.25) is 5.89 Å². The maximum atomic E-state index is 6.08. The van der Waals surface area contributed by atoms with Crippen LogP contribution in [0.4, 0.5) is 0 Å². The molecule has 2 heterocycles. The Bertz CT molecular complexity index is 549. The predicted octanol–water partition coefficient (Wildman–Crippen LogP) is 2.74. The summed E-state index contributed by atoms with van der Waals surface area (Å²) in [5, 5.41) is 3.40. The van der Waals surface area contributed by atoms with E-state index in [9.17, 15) is 0 Å². The van der Waals surface area contributed by atoms with Crippen molar-refractivity contribution >= 4 is 5.96 Å². The van der Waals surface area contributed by atoms with E-state index in [1.54, 1.807) is 0 Å². The van der Waals surface area contributed by atoms with Crippen LogP contribution in [0.5, 0.6) is 0 Å². The summed E-state index contributed by atoms with van der Waals surface area (Å²) in [4.78, 5) is 11.5. The number of nitrogens with two attached hydrogens (primary N) is 1. The molecular weight excluding hydrogens is 314 g/mol. The van der Waals surface area contributed by atoms with Crippen molar-refractivity contribution in [1.29, 1.82) is 0 Å². The lowest BCUT2D eigenvalue weighted by atomic mass is 9.95. The summed E-state index contributed by atoms with van der Waals surface area (Å²) in [7, 11) is 0. The van der Waals surface area contributed by atoms with Gasteiger partial charge in [-0.25, -0.2) is 4.98 Å². The van der Waals surface area contributed by atoms with Gasteiger partial charge in [0.1, 0.15) is 5.76 Å². The molecule has 3 N–H and O–H groups in total. The van der Waals surface area contributed by atoms with Crippen LogP contribution >= 0.6 is 0 Å². The molecule has 0 atom stereocenters. The number of oxazole rings is 1. The van der Waals surface area contributed by atoms with Crippen LogP contribution in [0.15, 0.2) is 9.41 Å². The van der Waals surface area contributed by atoms with E-state index in [1.165, 1.54) is 44.9 Å². The van der Waals surface area contributed by atoms with Crippen LogP contribution in [-0.4, -0.2) is 41.5 Å². The Morgan fingerprint density at radius 1 is 1.20 bits per heavy atom. The molecule has 0 radical (unpaired) electrons. The Morgan fingerprint density at radius 2 is 1.92 bits per heavy atom. The predicted molar refractivity (Wildman–Crippen MR) is 100 cm³/mol. The highest BCUT2D eigenvalue weighted by atomic mass is 16.4. The van der Waals surface area contributed by atoms with Crippen molar-refractivity contribution in [3.63, 3.8) is 0 Å². The van der Waals surface area contributed by atoms with Crippen molar-refractivity contribution in [1.82, 2.24) is 15.2 Å². The molecule has 6 heteroatoms. The molecule has 140 valence electrons. The Morgan fingerprint density at radius 3 is 2.56 bits per heavy atom. The molecule has 0 amide bonds. The number of aromatic nitrogens is 1. The molecule has 1 saturated carbocycles. The van der Waals surface area contributed by atoms with E-state index in [0.29, 0.717) is 17.9 Å². The Hall–Kier alpha value is -1.56. The minimum Gasteiger partial charge on any atom is -0.444 e. The van der Waals surface area contributed by atoms with Crippen LogP contribution in [0, 0.1) is 19.8 Å². The number of hydrogen-bond donors (Lipinski definition) is 2. The van der Waals surface area contributed by atoms with Gasteiger partial charge < -0.3 is 15.5 Å². The van der Waals surface area contributed by atoms with Crippen LogP contribution < -0.4 is 11.1 Å². The highest BCUT2D eigenvalue weighted by Gasteiger charge is 2.21. The van der Waals surface area contributed by atoms with Crippen LogP contribution in [0.3, 0.4) is 0 Å². The summed E-state index contributed by atoms with van der Waals surface area (Å²) in [6.07, 6.45) is 8.78. The number of nitrogens with zero attached hydrogens (tertiary/aromatic N) is 3. The van der Waals surface area contributed by atoms with Crippen LogP contribution in [0.2, 0.25) is 0 Å². The maximum absolute atomic E-state index is 6.08. The van der Waals surface area contributed by atoms with Crippen molar-refractivity contribution < 1.29 is 4.42 Å². The van der Waals surface area contributed by atoms with Crippen LogP contribution in [0.25, 0.3) is 0 Å². The number of rotatable bonds is 5. The molecule has 6 nitrogen and oxygen atoms in total. The van der Waals surface area contributed by atoms with Gasteiger partial charge in [0.25, 0.3) is 0 Å². The van der Waals surface area contributed by atoms with E-state index in [1.807, 2.05) is 13.8 Å². The van der Waals surface area contributed by atoms with Gasteiger partial charge in [-0.05, 0) is 58.5 Å². The fourth-order valence-corrected chi connectivity index (χ4v) is 3.85. The first-order chi connectivity index (χ1) is 12.1. The molecule has 1 saturated heterocycles. The second kappa shape index (κ2) is 8.70. The largest absolute Gasteiger partial charge is 0.444 e. The van der Waals surface area contributed by atoms with Gasteiger partial charge in [-0.1, -0.05) is 19.3 Å². The number of aryl methyl sites for hydroxylation is 2. The number of hydrogen-bond acceptors (Lipinski definition) is 4. The average molecular weight is 348 g/mol. The van der Waals surface area contributed by atoms with Crippen LogP contribution in [0.1, 0.15) is 62.3 Å². The summed E-state index contributed by atoms with van der Waals surface area (Å²) in [6.45, 7) is 7.79. The third kappa shape index (κ3) is 5.46. The standard InChI is InChI=1S/C19H33N5O/c1-14-15(2)25-18(22-14)13-24-10-8-16(9-11-24)12-21-19(20)23-17-6-4-3-5-7-17/h16-17H,3-13H2,1-2H3,(H3,20,21,23). The topological polar surface area (TPSA) is 79.7 Å². The third-order valence-corrected chi connectivity index (χ3v) is 5.62. The zero-order valence-corrected chi connectivity index (χ0v) is 15.8. The van der Waals surface area contributed by atoms with Gasteiger partial charge in [-0.2, -0.15) is 0 Å². The molecule has 25 heavy (non-hydrogen) atoms. The lowest BCUT2D eigenvalue weighted by Crippen LogP contribution is -2.41. The van der Waals surface area contributed by atoms with Gasteiger partial charge in [-0.15, -0.1) is 0 Å². The van der Waals surface area contributed by atoms with Crippen LogP contribution in [-0.2, 0) is 6.54 Å². The smallest absolute Gasteiger partial charge is 0.208 e. The molecule has 0 spiro atoms. The Kier molecular flexibility index (Phi) is 6.34. The van der Waals surface area contributed by atoms with E-state index < -0.39 is 0 Å². The molecule has 0 bridgehead atoms.